The van der Waals surface area contributed by atoms with Crippen LogP contribution in [0.15, 0.2) is 42.6 Å². The summed E-state index contributed by atoms with van der Waals surface area (Å²) >= 11 is 4.66. The SMILES string of the molecule is O=C1c2cccnc2C(=O)N1c1ccc(OC(F)(F)Cl)cc1. The van der Waals surface area contributed by atoms with Gasteiger partial charge in [-0.3, -0.25) is 14.6 Å². The Balaban J connectivity index is 1.90. The van der Waals surface area contributed by atoms with E-state index >= 15 is 0 Å². The number of aromatic nitrogens is 1. The first-order valence-electron chi connectivity index (χ1n) is 6.06. The Kier molecular flexibility index (Phi) is 3.29. The highest BCUT2D eigenvalue weighted by Crippen LogP contribution is 2.30. The van der Waals surface area contributed by atoms with Crippen LogP contribution < -0.4 is 9.64 Å². The predicted molar refractivity (Wildman–Crippen MR) is 73.2 cm³/mol. The Hall–Kier alpha value is -2.54. The number of benzene rings is 1. The van der Waals surface area contributed by atoms with E-state index in [0.29, 0.717) is 0 Å². The normalized spacial score (nSPS) is 14.2. The molecule has 2 heterocycles. The smallest absolute Gasteiger partial charge is 0.420 e. The van der Waals surface area contributed by atoms with E-state index in [1.165, 1.54) is 36.5 Å². The summed E-state index contributed by atoms with van der Waals surface area (Å²) in [7, 11) is 0. The average molecular weight is 325 g/mol. The van der Waals surface area contributed by atoms with E-state index in [1.807, 2.05) is 0 Å². The van der Waals surface area contributed by atoms with Crippen LogP contribution in [-0.2, 0) is 0 Å². The Labute approximate surface area is 128 Å². The third-order valence-corrected chi connectivity index (χ3v) is 3.05. The van der Waals surface area contributed by atoms with Crippen molar-refractivity contribution >= 4 is 29.1 Å². The number of alkyl halides is 3. The van der Waals surface area contributed by atoms with E-state index in [2.05, 4.69) is 21.3 Å². The second kappa shape index (κ2) is 5.03. The molecule has 2 aromatic rings. The van der Waals surface area contributed by atoms with Crippen molar-refractivity contribution in [3.05, 3.63) is 53.9 Å². The van der Waals surface area contributed by atoms with Crippen molar-refractivity contribution in [2.75, 3.05) is 4.90 Å². The fourth-order valence-corrected chi connectivity index (χ4v) is 2.19. The van der Waals surface area contributed by atoms with Crippen LogP contribution in [0, 0.1) is 0 Å². The summed E-state index contributed by atoms with van der Waals surface area (Å²) in [6.07, 6.45) is 1.41. The number of halogens is 3. The van der Waals surface area contributed by atoms with Crippen molar-refractivity contribution in [1.82, 2.24) is 4.98 Å². The first-order valence-corrected chi connectivity index (χ1v) is 6.44. The van der Waals surface area contributed by atoms with Crippen molar-refractivity contribution < 1.29 is 23.1 Å². The van der Waals surface area contributed by atoms with Gasteiger partial charge in [-0.05, 0) is 36.4 Å². The molecule has 3 rings (SSSR count). The zero-order chi connectivity index (χ0) is 15.9. The van der Waals surface area contributed by atoms with Gasteiger partial charge in [-0.15, -0.1) is 8.78 Å². The number of hydrogen-bond acceptors (Lipinski definition) is 4. The van der Waals surface area contributed by atoms with Crippen LogP contribution in [0.5, 0.6) is 5.75 Å². The van der Waals surface area contributed by atoms with Crippen molar-refractivity contribution in [3.8, 4) is 5.75 Å². The van der Waals surface area contributed by atoms with E-state index in [0.717, 1.165) is 4.90 Å². The van der Waals surface area contributed by atoms with Crippen molar-refractivity contribution in [1.29, 1.82) is 0 Å². The number of hydrogen-bond donors (Lipinski definition) is 0. The van der Waals surface area contributed by atoms with E-state index in [1.54, 1.807) is 6.07 Å². The molecule has 0 fully saturated rings. The quantitative estimate of drug-likeness (QED) is 0.643. The fourth-order valence-electron chi connectivity index (χ4n) is 2.10. The number of imide groups is 1. The van der Waals surface area contributed by atoms with Crippen LogP contribution in [0.3, 0.4) is 0 Å². The molecule has 0 radical (unpaired) electrons. The van der Waals surface area contributed by atoms with Crippen molar-refractivity contribution in [3.63, 3.8) is 0 Å². The summed E-state index contributed by atoms with van der Waals surface area (Å²) in [5, 5.41) is 0. The Bertz CT molecular complexity index is 724. The maximum Gasteiger partial charge on any atom is 0.487 e. The summed E-state index contributed by atoms with van der Waals surface area (Å²) in [6.45, 7) is 0. The van der Waals surface area contributed by atoms with E-state index < -0.39 is 17.4 Å². The molecule has 0 saturated carbocycles. The lowest BCUT2D eigenvalue weighted by Crippen LogP contribution is -2.29. The van der Waals surface area contributed by atoms with Gasteiger partial charge < -0.3 is 4.74 Å². The second-order valence-corrected chi connectivity index (χ2v) is 4.83. The highest BCUT2D eigenvalue weighted by atomic mass is 35.5. The molecule has 0 unspecified atom stereocenters. The number of ether oxygens (including phenoxy) is 1. The summed E-state index contributed by atoms with van der Waals surface area (Å²) in [5.74, 6) is -1.29. The number of rotatable bonds is 3. The summed E-state index contributed by atoms with van der Waals surface area (Å²) in [5.41, 5.74) is -3.36. The number of pyridine rings is 1. The molecule has 0 bridgehead atoms. The third kappa shape index (κ3) is 2.50. The molecule has 0 atom stereocenters. The molecule has 22 heavy (non-hydrogen) atoms. The molecule has 8 heteroatoms. The van der Waals surface area contributed by atoms with Gasteiger partial charge in [0.2, 0.25) is 0 Å². The lowest BCUT2D eigenvalue weighted by atomic mass is 10.2. The molecule has 0 N–H and O–H groups in total. The highest BCUT2D eigenvalue weighted by Gasteiger charge is 2.37. The molecular formula is C14H7ClF2N2O3. The highest BCUT2D eigenvalue weighted by molar-refractivity contribution is 6.33. The molecule has 1 aromatic carbocycles. The zero-order valence-corrected chi connectivity index (χ0v) is 11.6. The molecule has 1 aromatic heterocycles. The molecule has 0 aliphatic carbocycles. The minimum atomic E-state index is -3.83. The van der Waals surface area contributed by atoms with Crippen LogP contribution in [-0.4, -0.2) is 22.4 Å². The van der Waals surface area contributed by atoms with Crippen LogP contribution in [0.25, 0.3) is 0 Å². The predicted octanol–water partition coefficient (Wildman–Crippen LogP) is 3.05. The largest absolute Gasteiger partial charge is 0.487 e. The molecule has 0 saturated heterocycles. The van der Waals surface area contributed by atoms with Gasteiger partial charge in [0.05, 0.1) is 11.3 Å². The topological polar surface area (TPSA) is 59.5 Å². The van der Waals surface area contributed by atoms with E-state index in [4.69, 9.17) is 0 Å². The van der Waals surface area contributed by atoms with E-state index in [9.17, 15) is 18.4 Å². The monoisotopic (exact) mass is 324 g/mol. The summed E-state index contributed by atoms with van der Waals surface area (Å²) < 4.78 is 29.2. The maximum absolute atomic E-state index is 12.5. The number of fused-ring (bicyclic) bond motifs is 1. The number of anilines is 1. The van der Waals surface area contributed by atoms with Gasteiger partial charge in [-0.1, -0.05) is 0 Å². The zero-order valence-electron chi connectivity index (χ0n) is 10.8. The van der Waals surface area contributed by atoms with Crippen molar-refractivity contribution in [2.45, 2.75) is 5.57 Å². The first-order chi connectivity index (χ1) is 10.4. The summed E-state index contributed by atoms with van der Waals surface area (Å²) in [4.78, 5) is 29.2. The second-order valence-electron chi connectivity index (χ2n) is 4.39. The maximum atomic E-state index is 12.5. The van der Waals surface area contributed by atoms with Gasteiger partial charge >= 0.3 is 5.57 Å². The molecule has 0 spiro atoms. The van der Waals surface area contributed by atoms with Crippen LogP contribution in [0.2, 0.25) is 0 Å². The fraction of sp³-hybridized carbons (Fsp3) is 0.0714. The van der Waals surface area contributed by atoms with Crippen LogP contribution >= 0.6 is 11.6 Å². The Morgan fingerprint density at radius 2 is 1.77 bits per heavy atom. The molecule has 112 valence electrons. The van der Waals surface area contributed by atoms with Gasteiger partial charge in [0.25, 0.3) is 11.8 Å². The lowest BCUT2D eigenvalue weighted by molar-refractivity contribution is -0.0964. The Morgan fingerprint density at radius 1 is 1.09 bits per heavy atom. The van der Waals surface area contributed by atoms with Gasteiger partial charge in [0.15, 0.2) is 0 Å². The minimum Gasteiger partial charge on any atom is -0.420 e. The first kappa shape index (κ1) is 14.4. The van der Waals surface area contributed by atoms with Crippen LogP contribution in [0.1, 0.15) is 20.8 Å². The number of amides is 2. The molecule has 2 amide bonds. The Morgan fingerprint density at radius 3 is 2.36 bits per heavy atom. The number of carbonyl (C=O) groups is 2. The van der Waals surface area contributed by atoms with Gasteiger partial charge in [0.1, 0.15) is 11.4 Å². The molecular weight excluding hydrogens is 318 g/mol. The van der Waals surface area contributed by atoms with Gasteiger partial charge in [-0.25, -0.2) is 4.90 Å². The van der Waals surface area contributed by atoms with Gasteiger partial charge in [-0.2, -0.15) is 0 Å². The molecule has 5 nitrogen and oxygen atoms in total. The van der Waals surface area contributed by atoms with E-state index in [-0.39, 0.29) is 22.7 Å². The van der Waals surface area contributed by atoms with Crippen molar-refractivity contribution in [2.24, 2.45) is 0 Å². The molecule has 1 aliphatic heterocycles. The third-order valence-electron chi connectivity index (χ3n) is 2.98. The standard InChI is InChI=1S/C14H7ClF2N2O3/c15-14(16,17)22-9-5-3-8(4-6-9)19-12(20)10-2-1-7-18-11(10)13(19)21/h1-7H. The minimum absolute atomic E-state index is 0.0557. The molecule has 1 aliphatic rings. The van der Waals surface area contributed by atoms with Crippen LogP contribution in [0.4, 0.5) is 14.5 Å². The number of nitrogens with zero attached hydrogens (tertiary/aromatic N) is 2. The lowest BCUT2D eigenvalue weighted by Gasteiger charge is -2.15. The van der Waals surface area contributed by atoms with Gasteiger partial charge in [0, 0.05) is 17.8 Å². The summed E-state index contributed by atoms with van der Waals surface area (Å²) in [6, 6.07) is 8.02. The number of carbonyl (C=O) groups excluding carboxylic acids is 2. The average Bonchev–Trinajstić information content (AvgIpc) is 2.71.